The SMILES string of the molecule is O=C(CNc1ccc(C(=O)N2CCCCC2)cc1)Nc1cccc(Cl)c1Cl. The lowest BCUT2D eigenvalue weighted by Crippen LogP contribution is -2.35. The molecule has 2 amide bonds. The third-order valence-corrected chi connectivity index (χ3v) is 5.27. The van der Waals surface area contributed by atoms with Gasteiger partial charge >= 0.3 is 0 Å². The Hall–Kier alpha value is -2.24. The van der Waals surface area contributed by atoms with Gasteiger partial charge in [-0.05, 0) is 55.7 Å². The largest absolute Gasteiger partial charge is 0.376 e. The molecule has 0 saturated carbocycles. The van der Waals surface area contributed by atoms with Crippen molar-refractivity contribution < 1.29 is 9.59 Å². The molecule has 1 heterocycles. The maximum Gasteiger partial charge on any atom is 0.253 e. The van der Waals surface area contributed by atoms with E-state index >= 15 is 0 Å². The van der Waals surface area contributed by atoms with E-state index in [1.54, 1.807) is 42.5 Å². The van der Waals surface area contributed by atoms with Gasteiger partial charge in [-0.25, -0.2) is 0 Å². The molecule has 5 nitrogen and oxygen atoms in total. The van der Waals surface area contributed by atoms with Gasteiger partial charge in [0.05, 0.1) is 22.3 Å². The van der Waals surface area contributed by atoms with E-state index in [4.69, 9.17) is 23.2 Å². The van der Waals surface area contributed by atoms with Gasteiger partial charge in [-0.15, -0.1) is 0 Å². The van der Waals surface area contributed by atoms with Gasteiger partial charge in [0.2, 0.25) is 5.91 Å². The van der Waals surface area contributed by atoms with E-state index in [9.17, 15) is 9.59 Å². The Morgan fingerprint density at radius 2 is 1.67 bits per heavy atom. The highest BCUT2D eigenvalue weighted by molar-refractivity contribution is 6.44. The van der Waals surface area contributed by atoms with Crippen LogP contribution in [-0.4, -0.2) is 36.3 Å². The number of carbonyl (C=O) groups is 2. The number of amides is 2. The number of benzene rings is 2. The maximum absolute atomic E-state index is 12.5. The minimum atomic E-state index is -0.243. The molecule has 2 aromatic carbocycles. The monoisotopic (exact) mass is 405 g/mol. The van der Waals surface area contributed by atoms with Crippen LogP contribution in [0.3, 0.4) is 0 Å². The highest BCUT2D eigenvalue weighted by Gasteiger charge is 2.17. The van der Waals surface area contributed by atoms with Gasteiger partial charge < -0.3 is 15.5 Å². The minimum absolute atomic E-state index is 0.0644. The summed E-state index contributed by atoms with van der Waals surface area (Å²) in [6.07, 6.45) is 3.32. The Balaban J connectivity index is 1.53. The molecule has 27 heavy (non-hydrogen) atoms. The van der Waals surface area contributed by atoms with Crippen molar-refractivity contribution in [1.29, 1.82) is 0 Å². The number of nitrogens with zero attached hydrogens (tertiary/aromatic N) is 1. The summed E-state index contributed by atoms with van der Waals surface area (Å²) < 4.78 is 0. The lowest BCUT2D eigenvalue weighted by Gasteiger charge is -2.26. The van der Waals surface area contributed by atoms with Crippen molar-refractivity contribution >= 4 is 46.4 Å². The van der Waals surface area contributed by atoms with E-state index in [2.05, 4.69) is 10.6 Å². The molecule has 1 saturated heterocycles. The highest BCUT2D eigenvalue weighted by Crippen LogP contribution is 2.29. The van der Waals surface area contributed by atoms with Crippen molar-refractivity contribution in [2.45, 2.75) is 19.3 Å². The van der Waals surface area contributed by atoms with Crippen LogP contribution in [0.5, 0.6) is 0 Å². The van der Waals surface area contributed by atoms with Crippen LogP contribution < -0.4 is 10.6 Å². The normalized spacial score (nSPS) is 13.9. The zero-order valence-corrected chi connectivity index (χ0v) is 16.3. The summed E-state index contributed by atoms with van der Waals surface area (Å²) in [5, 5.41) is 6.45. The Bertz CT molecular complexity index is 818. The average molecular weight is 406 g/mol. The van der Waals surface area contributed by atoms with Gasteiger partial charge in [-0.1, -0.05) is 29.3 Å². The molecule has 0 unspecified atom stereocenters. The zero-order chi connectivity index (χ0) is 19.2. The van der Waals surface area contributed by atoms with Crippen molar-refractivity contribution in [2.24, 2.45) is 0 Å². The second-order valence-corrected chi connectivity index (χ2v) is 7.22. The summed E-state index contributed by atoms with van der Waals surface area (Å²) in [5.41, 5.74) is 1.90. The number of piperidine rings is 1. The Morgan fingerprint density at radius 1 is 0.963 bits per heavy atom. The summed E-state index contributed by atoms with van der Waals surface area (Å²) in [7, 11) is 0. The predicted octanol–water partition coefficient (Wildman–Crippen LogP) is 4.67. The van der Waals surface area contributed by atoms with E-state index in [1.165, 1.54) is 6.42 Å². The van der Waals surface area contributed by atoms with Gasteiger partial charge in [0.1, 0.15) is 0 Å². The number of halogens is 2. The lowest BCUT2D eigenvalue weighted by molar-refractivity contribution is -0.114. The van der Waals surface area contributed by atoms with Gasteiger partial charge in [0, 0.05) is 24.3 Å². The van der Waals surface area contributed by atoms with Crippen LogP contribution in [0.1, 0.15) is 29.6 Å². The van der Waals surface area contributed by atoms with Crippen molar-refractivity contribution in [3.63, 3.8) is 0 Å². The molecule has 2 aromatic rings. The first-order chi connectivity index (χ1) is 13.0. The molecule has 0 aliphatic carbocycles. The molecular formula is C20H21Cl2N3O2. The molecule has 7 heteroatoms. The van der Waals surface area contributed by atoms with Crippen molar-refractivity contribution in [1.82, 2.24) is 4.90 Å². The molecule has 0 bridgehead atoms. The van der Waals surface area contributed by atoms with E-state index in [1.807, 2.05) is 4.90 Å². The number of rotatable bonds is 5. The standard InChI is InChI=1S/C20H21Cl2N3O2/c21-16-5-4-6-17(19(16)22)24-18(26)13-23-15-9-7-14(8-10-15)20(27)25-11-2-1-3-12-25/h4-10,23H,1-3,11-13H2,(H,24,26). The maximum atomic E-state index is 12.5. The number of carbonyl (C=O) groups excluding carboxylic acids is 2. The van der Waals surface area contributed by atoms with Crippen LogP contribution in [0, 0.1) is 0 Å². The smallest absolute Gasteiger partial charge is 0.253 e. The molecule has 2 N–H and O–H groups in total. The fourth-order valence-corrected chi connectivity index (χ4v) is 3.34. The number of hydrogen-bond donors (Lipinski definition) is 2. The molecule has 1 aliphatic heterocycles. The van der Waals surface area contributed by atoms with Gasteiger partial charge in [0.15, 0.2) is 0 Å². The first-order valence-electron chi connectivity index (χ1n) is 8.91. The first kappa shape index (κ1) is 19.5. The van der Waals surface area contributed by atoms with Crippen LogP contribution in [0.4, 0.5) is 11.4 Å². The van der Waals surface area contributed by atoms with Gasteiger partial charge in [-0.2, -0.15) is 0 Å². The molecule has 3 rings (SSSR count). The fourth-order valence-electron chi connectivity index (χ4n) is 2.99. The molecule has 0 spiro atoms. The van der Waals surface area contributed by atoms with Crippen LogP contribution in [0.15, 0.2) is 42.5 Å². The molecule has 1 fully saturated rings. The van der Waals surface area contributed by atoms with Crippen molar-refractivity contribution in [3.05, 3.63) is 58.1 Å². The van der Waals surface area contributed by atoms with Crippen molar-refractivity contribution in [3.8, 4) is 0 Å². The molecular weight excluding hydrogens is 385 g/mol. The number of nitrogens with one attached hydrogen (secondary N) is 2. The van der Waals surface area contributed by atoms with Crippen LogP contribution in [0.25, 0.3) is 0 Å². The number of hydrogen-bond acceptors (Lipinski definition) is 3. The average Bonchev–Trinajstić information content (AvgIpc) is 2.70. The lowest BCUT2D eigenvalue weighted by atomic mass is 10.1. The number of anilines is 2. The minimum Gasteiger partial charge on any atom is -0.376 e. The summed E-state index contributed by atoms with van der Waals surface area (Å²) in [4.78, 5) is 26.4. The topological polar surface area (TPSA) is 61.4 Å². The van der Waals surface area contributed by atoms with E-state index in [0.29, 0.717) is 21.3 Å². The van der Waals surface area contributed by atoms with Crippen LogP contribution in [-0.2, 0) is 4.79 Å². The highest BCUT2D eigenvalue weighted by atomic mass is 35.5. The van der Waals surface area contributed by atoms with E-state index < -0.39 is 0 Å². The third kappa shape index (κ3) is 5.15. The summed E-state index contributed by atoms with van der Waals surface area (Å²) in [6, 6.07) is 12.2. The fraction of sp³-hybridized carbons (Fsp3) is 0.300. The molecule has 0 aromatic heterocycles. The summed E-state index contributed by atoms with van der Waals surface area (Å²) in [5.74, 6) is -0.178. The van der Waals surface area contributed by atoms with Gasteiger partial charge in [-0.3, -0.25) is 9.59 Å². The molecule has 0 atom stereocenters. The Kier molecular flexibility index (Phi) is 6.58. The van der Waals surface area contributed by atoms with Gasteiger partial charge in [0.25, 0.3) is 5.91 Å². The van der Waals surface area contributed by atoms with Crippen LogP contribution in [0.2, 0.25) is 10.0 Å². The molecule has 0 radical (unpaired) electrons. The first-order valence-corrected chi connectivity index (χ1v) is 9.67. The molecule has 1 aliphatic rings. The number of likely N-dealkylation sites (tertiary alicyclic amines) is 1. The van der Waals surface area contributed by atoms with Crippen LogP contribution >= 0.6 is 23.2 Å². The Morgan fingerprint density at radius 3 is 2.37 bits per heavy atom. The third-order valence-electron chi connectivity index (χ3n) is 4.45. The van der Waals surface area contributed by atoms with E-state index in [0.717, 1.165) is 31.6 Å². The summed E-state index contributed by atoms with van der Waals surface area (Å²) in [6.45, 7) is 1.72. The molecule has 142 valence electrons. The zero-order valence-electron chi connectivity index (χ0n) is 14.8. The second-order valence-electron chi connectivity index (χ2n) is 6.43. The van der Waals surface area contributed by atoms with Crippen molar-refractivity contribution in [2.75, 3.05) is 30.3 Å². The summed E-state index contributed by atoms with van der Waals surface area (Å²) >= 11 is 12.0. The predicted molar refractivity (Wildman–Crippen MR) is 110 cm³/mol. The Labute approximate surface area is 168 Å². The van der Waals surface area contributed by atoms with E-state index in [-0.39, 0.29) is 18.4 Å². The quantitative estimate of drug-likeness (QED) is 0.759. The second kappa shape index (κ2) is 9.11.